The summed E-state index contributed by atoms with van der Waals surface area (Å²) in [6, 6.07) is 5.97. The highest BCUT2D eigenvalue weighted by Gasteiger charge is 2.21. The van der Waals surface area contributed by atoms with Crippen LogP contribution in [0, 0.1) is 0 Å². The quantitative estimate of drug-likeness (QED) is 0.474. The number of hydrogen-bond acceptors (Lipinski definition) is 6. The van der Waals surface area contributed by atoms with Crippen LogP contribution in [0.2, 0.25) is 0 Å². The summed E-state index contributed by atoms with van der Waals surface area (Å²) >= 11 is 3.38. The molecule has 0 bridgehead atoms. The molecule has 0 aliphatic heterocycles. The minimum absolute atomic E-state index is 0.150. The van der Waals surface area contributed by atoms with Gasteiger partial charge >= 0.3 is 0 Å². The summed E-state index contributed by atoms with van der Waals surface area (Å²) in [6.07, 6.45) is 11.8. The zero-order valence-corrected chi connectivity index (χ0v) is 17.2. The van der Waals surface area contributed by atoms with Gasteiger partial charge in [-0.15, -0.1) is 22.7 Å². The molecular weight excluding hydrogens is 402 g/mol. The molecule has 1 aliphatic rings. The van der Waals surface area contributed by atoms with E-state index in [1.165, 1.54) is 17.4 Å². The molecule has 0 radical (unpaired) electrons. The maximum atomic E-state index is 11.4. The Labute approximate surface area is 175 Å². The minimum Gasteiger partial charge on any atom is -0.344 e. The summed E-state index contributed by atoms with van der Waals surface area (Å²) < 4.78 is 0. The van der Waals surface area contributed by atoms with Crippen LogP contribution < -0.4 is 5.32 Å². The van der Waals surface area contributed by atoms with E-state index in [0.717, 1.165) is 44.7 Å². The monoisotopic (exact) mass is 419 g/mol. The number of nitrogens with one attached hydrogen (secondary N) is 2. The van der Waals surface area contributed by atoms with Gasteiger partial charge in [-0.25, -0.2) is 15.0 Å². The number of allylic oxidation sites excluding steroid dienone is 1. The Morgan fingerprint density at radius 1 is 1.21 bits per heavy atom. The van der Waals surface area contributed by atoms with Crippen LogP contribution in [0.1, 0.15) is 23.8 Å². The maximum absolute atomic E-state index is 11.4. The average Bonchev–Trinajstić information content (AvgIpc) is 3.45. The number of aromatic amines is 1. The van der Waals surface area contributed by atoms with Gasteiger partial charge in [0.2, 0.25) is 5.91 Å². The molecule has 144 valence electrons. The highest BCUT2D eigenvalue weighted by Crippen LogP contribution is 2.43. The number of amides is 1. The fourth-order valence-electron chi connectivity index (χ4n) is 3.29. The summed E-state index contributed by atoms with van der Waals surface area (Å²) in [7, 11) is 0. The van der Waals surface area contributed by atoms with Crippen LogP contribution in [0.25, 0.3) is 37.9 Å². The Balaban J connectivity index is 1.62. The number of rotatable bonds is 4. The van der Waals surface area contributed by atoms with E-state index in [1.54, 1.807) is 35.1 Å². The number of aromatic nitrogens is 4. The fourth-order valence-corrected chi connectivity index (χ4v) is 5.55. The fraction of sp³-hybridized carbons (Fsp3) is 0.143. The van der Waals surface area contributed by atoms with Crippen molar-refractivity contribution >= 4 is 40.5 Å². The van der Waals surface area contributed by atoms with E-state index >= 15 is 0 Å². The van der Waals surface area contributed by atoms with E-state index in [9.17, 15) is 4.79 Å². The largest absolute Gasteiger partial charge is 0.344 e. The lowest BCUT2D eigenvalue weighted by atomic mass is 10.1. The minimum atomic E-state index is -0.150. The third-order valence-electron chi connectivity index (χ3n) is 4.56. The van der Waals surface area contributed by atoms with Crippen LogP contribution in [0.4, 0.5) is 5.82 Å². The van der Waals surface area contributed by atoms with Crippen molar-refractivity contribution < 1.29 is 4.79 Å². The predicted octanol–water partition coefficient (Wildman–Crippen LogP) is 5.24. The SMILES string of the molecule is CC(=O)Nc1cc(-c2nc(-c3cc4c(s3)CCC=C4)c(-c3ncc[nH]3)s2)ccn1. The van der Waals surface area contributed by atoms with Crippen LogP contribution in [0.5, 0.6) is 0 Å². The summed E-state index contributed by atoms with van der Waals surface area (Å²) in [5.74, 6) is 1.17. The molecule has 5 rings (SSSR count). The van der Waals surface area contributed by atoms with E-state index in [4.69, 9.17) is 4.98 Å². The molecule has 0 atom stereocenters. The molecule has 0 aromatic carbocycles. The number of carbonyl (C=O) groups is 1. The van der Waals surface area contributed by atoms with Gasteiger partial charge in [-0.1, -0.05) is 12.2 Å². The van der Waals surface area contributed by atoms with E-state index in [1.807, 2.05) is 18.3 Å². The van der Waals surface area contributed by atoms with Gasteiger partial charge in [0.25, 0.3) is 0 Å². The van der Waals surface area contributed by atoms with Crippen LogP contribution in [-0.2, 0) is 11.2 Å². The highest BCUT2D eigenvalue weighted by atomic mass is 32.1. The number of thiophene rings is 1. The number of imidazole rings is 1. The van der Waals surface area contributed by atoms with Crippen molar-refractivity contribution in [2.45, 2.75) is 19.8 Å². The van der Waals surface area contributed by atoms with Gasteiger partial charge in [-0.05, 0) is 36.6 Å². The Morgan fingerprint density at radius 3 is 2.93 bits per heavy atom. The first-order valence-corrected chi connectivity index (χ1v) is 10.8. The second-order valence-corrected chi connectivity index (χ2v) is 8.81. The van der Waals surface area contributed by atoms with Crippen molar-refractivity contribution in [2.75, 3.05) is 5.32 Å². The third-order valence-corrected chi connectivity index (χ3v) is 6.89. The molecule has 1 amide bonds. The lowest BCUT2D eigenvalue weighted by molar-refractivity contribution is -0.114. The topological polar surface area (TPSA) is 83.6 Å². The molecule has 0 unspecified atom stereocenters. The normalized spacial score (nSPS) is 12.7. The van der Waals surface area contributed by atoms with Crippen molar-refractivity contribution in [3.05, 3.63) is 53.3 Å². The maximum Gasteiger partial charge on any atom is 0.222 e. The van der Waals surface area contributed by atoms with Crippen LogP contribution in [0.3, 0.4) is 0 Å². The smallest absolute Gasteiger partial charge is 0.222 e. The van der Waals surface area contributed by atoms with E-state index in [2.05, 4.69) is 38.5 Å². The second-order valence-electron chi connectivity index (χ2n) is 6.68. The third kappa shape index (κ3) is 3.52. The Bertz CT molecular complexity index is 1220. The molecule has 0 saturated carbocycles. The number of thiazole rings is 1. The van der Waals surface area contributed by atoms with Crippen molar-refractivity contribution in [3.8, 4) is 31.8 Å². The standard InChI is InChI=1S/C21H17N5OS2/c1-12(27)25-17-11-14(6-7-22-17)21-26-18(19(29-21)20-23-8-9-24-20)16-10-13-4-2-3-5-15(13)28-16/h2,4,6-11H,3,5H2,1H3,(H,23,24)(H,22,25,27). The first kappa shape index (κ1) is 18.0. The summed E-state index contributed by atoms with van der Waals surface area (Å²) in [6.45, 7) is 1.47. The molecule has 2 N–H and O–H groups in total. The summed E-state index contributed by atoms with van der Waals surface area (Å²) in [4.78, 5) is 31.8. The number of anilines is 1. The second kappa shape index (κ2) is 7.38. The van der Waals surface area contributed by atoms with E-state index in [0.29, 0.717) is 5.82 Å². The summed E-state index contributed by atoms with van der Waals surface area (Å²) in [5.41, 5.74) is 3.13. The van der Waals surface area contributed by atoms with Gasteiger partial charge in [0.15, 0.2) is 0 Å². The van der Waals surface area contributed by atoms with Gasteiger partial charge in [-0.3, -0.25) is 4.79 Å². The average molecular weight is 420 g/mol. The highest BCUT2D eigenvalue weighted by molar-refractivity contribution is 7.20. The summed E-state index contributed by atoms with van der Waals surface area (Å²) in [5, 5.41) is 3.59. The lowest BCUT2D eigenvalue weighted by Gasteiger charge is -2.02. The van der Waals surface area contributed by atoms with E-state index in [-0.39, 0.29) is 5.91 Å². The lowest BCUT2D eigenvalue weighted by Crippen LogP contribution is -2.07. The molecule has 4 aromatic rings. The first-order chi connectivity index (χ1) is 14.2. The molecule has 1 aliphatic carbocycles. The van der Waals surface area contributed by atoms with Crippen LogP contribution in [0.15, 0.2) is 42.9 Å². The predicted molar refractivity (Wildman–Crippen MR) is 118 cm³/mol. The van der Waals surface area contributed by atoms with Gasteiger partial charge in [0, 0.05) is 36.0 Å². The Hall–Kier alpha value is -3.10. The van der Waals surface area contributed by atoms with Crippen molar-refractivity contribution in [3.63, 3.8) is 0 Å². The molecule has 8 heteroatoms. The molecule has 29 heavy (non-hydrogen) atoms. The van der Waals surface area contributed by atoms with Gasteiger partial charge < -0.3 is 10.3 Å². The molecule has 4 aromatic heterocycles. The molecule has 0 spiro atoms. The van der Waals surface area contributed by atoms with Gasteiger partial charge in [0.1, 0.15) is 22.3 Å². The Morgan fingerprint density at radius 2 is 2.14 bits per heavy atom. The number of carbonyl (C=O) groups excluding carboxylic acids is 1. The molecule has 6 nitrogen and oxygen atoms in total. The Kier molecular flexibility index (Phi) is 4.57. The van der Waals surface area contributed by atoms with Crippen LogP contribution in [-0.4, -0.2) is 25.8 Å². The van der Waals surface area contributed by atoms with Crippen LogP contribution >= 0.6 is 22.7 Å². The molecule has 0 saturated heterocycles. The number of aryl methyl sites for hydroxylation is 1. The van der Waals surface area contributed by atoms with Crippen molar-refractivity contribution in [2.24, 2.45) is 0 Å². The molecule has 4 heterocycles. The van der Waals surface area contributed by atoms with Gasteiger partial charge in [0.05, 0.1) is 9.75 Å². The molecular formula is C21H17N5OS2. The molecule has 0 fully saturated rings. The zero-order chi connectivity index (χ0) is 19.8. The van der Waals surface area contributed by atoms with Crippen molar-refractivity contribution in [1.29, 1.82) is 0 Å². The number of nitrogens with zero attached hydrogens (tertiary/aromatic N) is 3. The number of fused-ring (bicyclic) bond motifs is 1. The number of H-pyrrole nitrogens is 1. The number of hydrogen-bond donors (Lipinski definition) is 2. The van der Waals surface area contributed by atoms with Crippen molar-refractivity contribution in [1.82, 2.24) is 19.9 Å². The van der Waals surface area contributed by atoms with Gasteiger partial charge in [-0.2, -0.15) is 0 Å². The van der Waals surface area contributed by atoms with E-state index < -0.39 is 0 Å². The number of pyridine rings is 1. The zero-order valence-electron chi connectivity index (χ0n) is 15.6. The first-order valence-electron chi connectivity index (χ1n) is 9.21.